The van der Waals surface area contributed by atoms with Gasteiger partial charge in [-0.15, -0.1) is 0 Å². The van der Waals surface area contributed by atoms with E-state index in [0.29, 0.717) is 29.2 Å². The minimum Gasteiger partial charge on any atom is -0.366 e. The van der Waals surface area contributed by atoms with Gasteiger partial charge in [0.15, 0.2) is 5.75 Å². The van der Waals surface area contributed by atoms with Crippen LogP contribution in [0.1, 0.15) is 152 Å². The van der Waals surface area contributed by atoms with Crippen molar-refractivity contribution in [2.45, 2.75) is 132 Å². The molecule has 4 N–H and O–H groups in total. The van der Waals surface area contributed by atoms with Gasteiger partial charge in [0, 0.05) is 16.8 Å². The zero-order valence-electron chi connectivity index (χ0n) is 28.8. The van der Waals surface area contributed by atoms with Gasteiger partial charge in [-0.25, -0.2) is 4.72 Å². The molecule has 0 saturated heterocycles. The van der Waals surface area contributed by atoms with Gasteiger partial charge in [-0.3, -0.25) is 9.59 Å². The van der Waals surface area contributed by atoms with Crippen LogP contribution in [-0.2, 0) is 26.3 Å². The molecule has 0 aliphatic rings. The second-order valence-electron chi connectivity index (χ2n) is 13.9. The number of hydrogen-bond donors (Lipinski definition) is 3. The quantitative estimate of drug-likeness (QED) is 0.197. The van der Waals surface area contributed by atoms with Crippen molar-refractivity contribution in [2.75, 3.05) is 5.32 Å². The van der Waals surface area contributed by atoms with E-state index < -0.39 is 22.3 Å². The molecule has 0 heterocycles. The predicted molar refractivity (Wildman–Crippen MR) is 181 cm³/mol. The van der Waals surface area contributed by atoms with Gasteiger partial charge < -0.3 is 15.2 Å². The number of anilines is 1. The van der Waals surface area contributed by atoms with Gasteiger partial charge in [0.05, 0.1) is 12.5 Å². The lowest BCUT2D eigenvalue weighted by Gasteiger charge is -2.23. The van der Waals surface area contributed by atoms with Crippen LogP contribution in [0.25, 0.3) is 0 Å². The SMILES string of the molecule is CC(C)CC(N)C(=O)Nc1cc(C(C)C)c(OS(=O)(=O)NC(=O)Cc2c(C(C)C)cc(C(C)C)cc2C(C)C)c(C(C)C)c1. The Balaban J connectivity index is 2.44. The Labute approximate surface area is 266 Å². The maximum atomic E-state index is 13.3. The topological polar surface area (TPSA) is 128 Å². The predicted octanol–water partition coefficient (Wildman–Crippen LogP) is 7.60. The third-order valence-corrected chi connectivity index (χ3v) is 8.60. The van der Waals surface area contributed by atoms with Gasteiger partial charge in [0.2, 0.25) is 11.8 Å². The lowest BCUT2D eigenvalue weighted by atomic mass is 9.83. The molecule has 0 aliphatic carbocycles. The molecular weight excluding hydrogens is 574 g/mol. The minimum atomic E-state index is -4.52. The Morgan fingerprint density at radius 2 is 1.18 bits per heavy atom. The van der Waals surface area contributed by atoms with Gasteiger partial charge in [0.25, 0.3) is 0 Å². The van der Waals surface area contributed by atoms with Gasteiger partial charge in [-0.2, -0.15) is 8.42 Å². The number of amides is 2. The van der Waals surface area contributed by atoms with Crippen LogP contribution in [0.5, 0.6) is 5.75 Å². The fraction of sp³-hybridized carbons (Fsp3) is 0.600. The maximum Gasteiger partial charge on any atom is 0.409 e. The second kappa shape index (κ2) is 15.4. The summed E-state index contributed by atoms with van der Waals surface area (Å²) in [7, 11) is -4.52. The second-order valence-corrected chi connectivity index (χ2v) is 15.2. The third kappa shape index (κ3) is 10.1. The summed E-state index contributed by atoms with van der Waals surface area (Å²) in [6.07, 6.45) is 0.454. The van der Waals surface area contributed by atoms with Crippen molar-refractivity contribution in [2.24, 2.45) is 11.7 Å². The summed E-state index contributed by atoms with van der Waals surface area (Å²) in [5, 5.41) is 2.89. The van der Waals surface area contributed by atoms with Crippen molar-refractivity contribution in [1.82, 2.24) is 4.72 Å². The van der Waals surface area contributed by atoms with Crippen molar-refractivity contribution in [3.63, 3.8) is 0 Å². The summed E-state index contributed by atoms with van der Waals surface area (Å²) in [5.41, 5.74) is 11.9. The molecule has 2 aromatic carbocycles. The zero-order valence-corrected chi connectivity index (χ0v) is 29.6. The Morgan fingerprint density at radius 3 is 1.57 bits per heavy atom. The monoisotopic (exact) mass is 629 g/mol. The highest BCUT2D eigenvalue weighted by molar-refractivity contribution is 7.85. The van der Waals surface area contributed by atoms with Crippen LogP contribution in [-0.4, -0.2) is 26.3 Å². The van der Waals surface area contributed by atoms with E-state index in [1.165, 1.54) is 5.56 Å². The molecule has 0 aromatic heterocycles. The van der Waals surface area contributed by atoms with Crippen molar-refractivity contribution in [3.8, 4) is 5.75 Å². The first-order chi connectivity index (χ1) is 20.2. The number of nitrogens with two attached hydrogens (primary N) is 1. The lowest BCUT2D eigenvalue weighted by Crippen LogP contribution is -2.37. The van der Waals surface area contributed by atoms with Crippen molar-refractivity contribution < 1.29 is 22.2 Å². The number of nitrogens with one attached hydrogen (secondary N) is 2. The van der Waals surface area contributed by atoms with Crippen molar-refractivity contribution in [1.29, 1.82) is 0 Å². The Morgan fingerprint density at radius 1 is 0.727 bits per heavy atom. The van der Waals surface area contributed by atoms with E-state index in [2.05, 4.69) is 63.7 Å². The number of carbonyl (C=O) groups excluding carboxylic acids is 2. The first-order valence-electron chi connectivity index (χ1n) is 15.9. The molecule has 44 heavy (non-hydrogen) atoms. The van der Waals surface area contributed by atoms with E-state index in [1.807, 2.05) is 41.5 Å². The number of rotatable bonds is 14. The molecular formula is C35H55N3O5S. The first-order valence-corrected chi connectivity index (χ1v) is 17.3. The molecule has 2 rings (SSSR count). The largest absolute Gasteiger partial charge is 0.409 e. The number of carbonyl (C=O) groups is 2. The summed E-state index contributed by atoms with van der Waals surface area (Å²) in [6.45, 7) is 24.2. The van der Waals surface area contributed by atoms with Crippen LogP contribution in [0, 0.1) is 5.92 Å². The fourth-order valence-electron chi connectivity index (χ4n) is 5.33. The van der Waals surface area contributed by atoms with Crippen LogP contribution in [0.2, 0.25) is 0 Å². The molecule has 0 fully saturated rings. The van der Waals surface area contributed by atoms with Gasteiger partial charge >= 0.3 is 10.3 Å². The molecule has 2 amide bonds. The molecule has 0 aliphatic heterocycles. The molecule has 0 saturated carbocycles. The molecule has 1 atom stereocenters. The number of hydrogen-bond acceptors (Lipinski definition) is 6. The normalized spacial score (nSPS) is 13.0. The molecule has 246 valence electrons. The third-order valence-electron chi connectivity index (χ3n) is 7.74. The summed E-state index contributed by atoms with van der Waals surface area (Å²) >= 11 is 0. The molecule has 0 spiro atoms. The van der Waals surface area contributed by atoms with Crippen LogP contribution in [0.3, 0.4) is 0 Å². The van der Waals surface area contributed by atoms with Crippen molar-refractivity contribution >= 4 is 27.8 Å². The van der Waals surface area contributed by atoms with Crippen LogP contribution >= 0.6 is 0 Å². The molecule has 0 bridgehead atoms. The van der Waals surface area contributed by atoms with Crippen LogP contribution < -0.4 is 20.0 Å². The van der Waals surface area contributed by atoms with Gasteiger partial charge in [-0.1, -0.05) is 95.2 Å². The Kier molecular flexibility index (Phi) is 13.0. The van der Waals surface area contributed by atoms with E-state index >= 15 is 0 Å². The van der Waals surface area contributed by atoms with Gasteiger partial charge in [-0.05, 0) is 76.3 Å². The smallest absolute Gasteiger partial charge is 0.366 e. The van der Waals surface area contributed by atoms with Crippen molar-refractivity contribution in [3.05, 3.63) is 57.6 Å². The minimum absolute atomic E-state index is 0.0856. The molecule has 1 unspecified atom stereocenters. The van der Waals surface area contributed by atoms with Crippen LogP contribution in [0.4, 0.5) is 5.69 Å². The molecule has 8 nitrogen and oxygen atoms in total. The summed E-state index contributed by atoms with van der Waals surface area (Å²) in [5.74, 6) is -0.197. The highest BCUT2D eigenvalue weighted by atomic mass is 32.2. The zero-order chi connectivity index (χ0) is 33.7. The lowest BCUT2D eigenvalue weighted by molar-refractivity contribution is -0.119. The van der Waals surface area contributed by atoms with E-state index in [1.54, 1.807) is 12.1 Å². The summed E-state index contributed by atoms with van der Waals surface area (Å²) in [4.78, 5) is 26.1. The highest BCUT2D eigenvalue weighted by Gasteiger charge is 2.27. The average molecular weight is 630 g/mol. The standard InChI is InChI=1S/C35H55N3O5S/c1-19(2)13-32(36)35(40)37-26-16-29(23(9)10)34(30(17-26)24(11)12)43-44(41,42)38-33(39)18-31-27(21(5)6)14-25(20(3)4)15-28(31)22(7)8/h14-17,19-24,32H,13,18,36H2,1-12H3,(H,37,40)(H,38,39). The maximum absolute atomic E-state index is 13.3. The van der Waals surface area contributed by atoms with E-state index in [4.69, 9.17) is 9.92 Å². The molecule has 9 heteroatoms. The molecule has 0 radical (unpaired) electrons. The van der Waals surface area contributed by atoms with E-state index in [0.717, 1.165) is 16.7 Å². The number of benzene rings is 2. The van der Waals surface area contributed by atoms with Crippen LogP contribution in [0.15, 0.2) is 24.3 Å². The Bertz CT molecular complexity index is 1370. The van der Waals surface area contributed by atoms with E-state index in [-0.39, 0.29) is 47.7 Å². The fourth-order valence-corrected chi connectivity index (χ4v) is 6.13. The van der Waals surface area contributed by atoms with E-state index in [9.17, 15) is 18.0 Å². The first kappa shape index (κ1) is 37.3. The van der Waals surface area contributed by atoms with Gasteiger partial charge in [0.1, 0.15) is 0 Å². The molecule has 2 aromatic rings. The average Bonchev–Trinajstić information content (AvgIpc) is 2.87. The highest BCUT2D eigenvalue weighted by Crippen LogP contribution is 2.38. The summed E-state index contributed by atoms with van der Waals surface area (Å²) in [6, 6.07) is 7.02. The summed E-state index contributed by atoms with van der Waals surface area (Å²) < 4.78 is 34.5. The Hall–Kier alpha value is -2.91.